The van der Waals surface area contributed by atoms with Crippen molar-refractivity contribution < 1.29 is 8.42 Å². The van der Waals surface area contributed by atoms with Crippen molar-refractivity contribution >= 4 is 38.7 Å². The van der Waals surface area contributed by atoms with Gasteiger partial charge >= 0.3 is 0 Å². The van der Waals surface area contributed by atoms with Crippen LogP contribution in [0.1, 0.15) is 13.8 Å². The number of nitrogens with zero attached hydrogens (tertiary/aromatic N) is 3. The molecular formula is C15H15ClN4O3S. The highest BCUT2D eigenvalue weighted by molar-refractivity contribution is 7.92. The van der Waals surface area contributed by atoms with Crippen molar-refractivity contribution in [2.24, 2.45) is 15.4 Å². The summed E-state index contributed by atoms with van der Waals surface area (Å²) < 4.78 is 27.7. The van der Waals surface area contributed by atoms with Gasteiger partial charge in [-0.2, -0.15) is 10.2 Å². The number of anilines is 1. The number of nitrogens with one attached hydrogen (secondary N) is 1. The summed E-state index contributed by atoms with van der Waals surface area (Å²) in [6.07, 6.45) is 0. The average molecular weight is 367 g/mol. The Bertz CT molecular complexity index is 882. The van der Waals surface area contributed by atoms with Gasteiger partial charge in [0.2, 0.25) is 0 Å². The molecule has 24 heavy (non-hydrogen) atoms. The summed E-state index contributed by atoms with van der Waals surface area (Å²) in [7, 11) is -4.03. The van der Waals surface area contributed by atoms with Gasteiger partial charge in [0.25, 0.3) is 10.0 Å². The highest BCUT2D eigenvalue weighted by Gasteiger charge is 2.21. The van der Waals surface area contributed by atoms with Crippen molar-refractivity contribution in [3.63, 3.8) is 0 Å². The van der Waals surface area contributed by atoms with Crippen molar-refractivity contribution in [3.8, 4) is 0 Å². The molecule has 0 aliphatic carbocycles. The van der Waals surface area contributed by atoms with Crippen molar-refractivity contribution in [1.29, 1.82) is 0 Å². The van der Waals surface area contributed by atoms with Gasteiger partial charge in [-0.05, 0) is 49.4 Å². The highest BCUT2D eigenvalue weighted by Crippen LogP contribution is 2.32. The molecule has 0 saturated carbocycles. The lowest BCUT2D eigenvalue weighted by Crippen LogP contribution is -2.13. The first-order chi connectivity index (χ1) is 11.3. The van der Waals surface area contributed by atoms with Gasteiger partial charge in [0.15, 0.2) is 0 Å². The molecule has 0 aromatic heterocycles. The summed E-state index contributed by atoms with van der Waals surface area (Å²) in [6, 6.07) is 10.2. The first-order valence-electron chi connectivity index (χ1n) is 6.99. The maximum Gasteiger partial charge on any atom is 0.264 e. The van der Waals surface area contributed by atoms with Gasteiger partial charge in [0.05, 0.1) is 16.8 Å². The summed E-state index contributed by atoms with van der Waals surface area (Å²) in [5, 5.41) is 10.9. The first kappa shape index (κ1) is 18.0. The van der Waals surface area contributed by atoms with Gasteiger partial charge in [0, 0.05) is 0 Å². The Morgan fingerprint density at radius 3 is 2.46 bits per heavy atom. The van der Waals surface area contributed by atoms with Gasteiger partial charge in [-0.25, -0.2) is 8.42 Å². The fourth-order valence-corrected chi connectivity index (χ4v) is 3.26. The van der Waals surface area contributed by atoms with E-state index in [1.54, 1.807) is 32.0 Å². The average Bonchev–Trinajstić information content (AvgIpc) is 2.54. The summed E-state index contributed by atoms with van der Waals surface area (Å²) in [5.74, 6) is 0. The number of benzene rings is 2. The van der Waals surface area contributed by atoms with Gasteiger partial charge in [-0.1, -0.05) is 23.7 Å². The number of hydrogen-bond acceptors (Lipinski definition) is 6. The zero-order valence-electron chi connectivity index (χ0n) is 13.0. The molecule has 7 nitrogen and oxygen atoms in total. The monoisotopic (exact) mass is 366 g/mol. The molecule has 0 unspecified atom stereocenters. The molecule has 9 heteroatoms. The second-order valence-corrected chi connectivity index (χ2v) is 7.20. The lowest BCUT2D eigenvalue weighted by molar-refractivity contribution is 0.601. The number of azo groups is 1. The highest BCUT2D eigenvalue weighted by atomic mass is 35.5. The molecule has 0 atom stereocenters. The van der Waals surface area contributed by atoms with Gasteiger partial charge in [-0.15, -0.1) is 4.91 Å². The number of para-hydroxylation sites is 1. The van der Waals surface area contributed by atoms with E-state index in [1.807, 2.05) is 0 Å². The fraction of sp³-hybridized carbons (Fsp3) is 0.200. The molecule has 0 radical (unpaired) electrons. The Hall–Kier alpha value is -2.32. The number of hydrogen-bond donors (Lipinski definition) is 1. The molecule has 2 rings (SSSR count). The SMILES string of the molecule is CC(C)N=Nc1ccc(N=O)cc1S(=O)(=O)Nc1ccccc1Cl. The zero-order valence-corrected chi connectivity index (χ0v) is 14.5. The maximum absolute atomic E-state index is 12.7. The third kappa shape index (κ3) is 4.36. The second kappa shape index (κ2) is 7.50. The fourth-order valence-electron chi connectivity index (χ4n) is 1.78. The molecule has 0 spiro atoms. The van der Waals surface area contributed by atoms with Crippen LogP contribution in [-0.2, 0) is 10.0 Å². The first-order valence-corrected chi connectivity index (χ1v) is 8.85. The molecule has 0 amide bonds. The number of sulfonamides is 1. The van der Waals surface area contributed by atoms with Gasteiger partial charge in [0.1, 0.15) is 16.3 Å². The van der Waals surface area contributed by atoms with Crippen LogP contribution in [0.5, 0.6) is 0 Å². The van der Waals surface area contributed by atoms with Crippen molar-refractivity contribution in [2.45, 2.75) is 24.8 Å². The Balaban J connectivity index is 2.51. The minimum Gasteiger partial charge on any atom is -0.278 e. The Morgan fingerprint density at radius 1 is 1.12 bits per heavy atom. The summed E-state index contributed by atoms with van der Waals surface area (Å²) in [4.78, 5) is 10.5. The van der Waals surface area contributed by atoms with E-state index < -0.39 is 10.0 Å². The molecule has 126 valence electrons. The van der Waals surface area contributed by atoms with Crippen LogP contribution in [0.3, 0.4) is 0 Å². The molecule has 0 aliphatic heterocycles. The van der Waals surface area contributed by atoms with Crippen molar-refractivity contribution in [3.05, 3.63) is 52.4 Å². The number of rotatable bonds is 6. The normalized spacial score (nSPS) is 11.8. The third-order valence-electron chi connectivity index (χ3n) is 2.85. The van der Waals surface area contributed by atoms with Crippen LogP contribution in [0.4, 0.5) is 17.1 Å². The Kier molecular flexibility index (Phi) is 5.63. The van der Waals surface area contributed by atoms with E-state index in [1.165, 1.54) is 18.2 Å². The standard InChI is InChI=1S/C15H15ClN4O3S/c1-10(2)17-18-14-8-7-11(19-21)9-15(14)24(22,23)20-13-6-4-3-5-12(13)16/h3-10,20H,1-2H3. The van der Waals surface area contributed by atoms with Gasteiger partial charge < -0.3 is 0 Å². The topological polar surface area (TPSA) is 100 Å². The van der Waals surface area contributed by atoms with Crippen LogP contribution in [0.2, 0.25) is 5.02 Å². The van der Waals surface area contributed by atoms with Crippen LogP contribution in [0.15, 0.2) is 62.8 Å². The number of nitroso groups, excluding NO2 is 1. The van der Waals surface area contributed by atoms with Crippen LogP contribution in [0, 0.1) is 4.91 Å². The molecule has 0 aliphatic rings. The second-order valence-electron chi connectivity index (χ2n) is 5.14. The van der Waals surface area contributed by atoms with E-state index in [0.717, 1.165) is 6.07 Å². The van der Waals surface area contributed by atoms with E-state index in [9.17, 15) is 13.3 Å². The molecule has 2 aromatic carbocycles. The summed E-state index contributed by atoms with van der Waals surface area (Å²) in [5.41, 5.74) is 0.295. The van der Waals surface area contributed by atoms with Crippen molar-refractivity contribution in [2.75, 3.05) is 4.72 Å². The molecule has 2 aromatic rings. The summed E-state index contributed by atoms with van der Waals surface area (Å²) in [6.45, 7) is 3.61. The molecule has 0 saturated heterocycles. The summed E-state index contributed by atoms with van der Waals surface area (Å²) >= 11 is 5.98. The smallest absolute Gasteiger partial charge is 0.264 e. The molecular weight excluding hydrogens is 352 g/mol. The van der Waals surface area contributed by atoms with E-state index in [2.05, 4.69) is 20.1 Å². The molecule has 0 heterocycles. The van der Waals surface area contributed by atoms with Crippen molar-refractivity contribution in [1.82, 2.24) is 0 Å². The van der Waals surface area contributed by atoms with E-state index in [-0.39, 0.29) is 33.0 Å². The van der Waals surface area contributed by atoms with E-state index in [4.69, 9.17) is 11.6 Å². The Morgan fingerprint density at radius 2 is 1.83 bits per heavy atom. The quantitative estimate of drug-likeness (QED) is 0.572. The zero-order chi connectivity index (χ0) is 17.7. The predicted molar refractivity (Wildman–Crippen MR) is 93.8 cm³/mol. The lowest BCUT2D eigenvalue weighted by Gasteiger charge is -2.11. The van der Waals surface area contributed by atoms with E-state index >= 15 is 0 Å². The van der Waals surface area contributed by atoms with Crippen LogP contribution in [0.25, 0.3) is 0 Å². The minimum atomic E-state index is -4.03. The molecule has 1 N–H and O–H groups in total. The largest absolute Gasteiger partial charge is 0.278 e. The molecule has 0 bridgehead atoms. The van der Waals surface area contributed by atoms with Gasteiger partial charge in [-0.3, -0.25) is 4.72 Å². The van der Waals surface area contributed by atoms with Crippen LogP contribution in [-0.4, -0.2) is 14.5 Å². The Labute approximate surface area is 144 Å². The molecule has 0 fully saturated rings. The van der Waals surface area contributed by atoms with Crippen LogP contribution < -0.4 is 4.72 Å². The maximum atomic E-state index is 12.7. The van der Waals surface area contributed by atoms with E-state index in [0.29, 0.717) is 0 Å². The van der Waals surface area contributed by atoms with Crippen LogP contribution >= 0.6 is 11.6 Å². The third-order valence-corrected chi connectivity index (χ3v) is 4.58. The minimum absolute atomic E-state index is 0.0296. The number of halogens is 1. The lowest BCUT2D eigenvalue weighted by atomic mass is 10.3. The predicted octanol–water partition coefficient (Wildman–Crippen LogP) is 5.03.